The monoisotopic (exact) mass is 334 g/mol. The van der Waals surface area contributed by atoms with Gasteiger partial charge < -0.3 is 4.74 Å². The minimum atomic E-state index is -0.447. The molecule has 3 aromatic rings. The lowest BCUT2D eigenvalue weighted by Gasteiger charge is -2.03. The summed E-state index contributed by atoms with van der Waals surface area (Å²) in [4.78, 5) is 16.3. The molecule has 0 spiro atoms. The summed E-state index contributed by atoms with van der Waals surface area (Å²) >= 11 is 2.75. The number of aromatic nitrogens is 1. The van der Waals surface area contributed by atoms with E-state index in [0.29, 0.717) is 22.0 Å². The molecule has 4 nitrogen and oxygen atoms in total. The molecule has 0 saturated heterocycles. The normalized spacial score (nSPS) is 10.5. The maximum Gasteiger partial charge on any atom is 0.258 e. The van der Waals surface area contributed by atoms with Gasteiger partial charge >= 0.3 is 0 Å². The fourth-order valence-electron chi connectivity index (χ4n) is 1.85. The molecule has 0 aliphatic carbocycles. The number of thiazole rings is 1. The summed E-state index contributed by atoms with van der Waals surface area (Å²) in [5.74, 6) is -0.468. The number of benzene rings is 1. The number of ether oxygens (including phenoxy) is 1. The number of nitrogens with zero attached hydrogens (tertiary/aromatic N) is 1. The summed E-state index contributed by atoms with van der Waals surface area (Å²) in [6, 6.07) is 6.38. The van der Waals surface area contributed by atoms with Crippen molar-refractivity contribution in [1.82, 2.24) is 4.98 Å². The van der Waals surface area contributed by atoms with Crippen molar-refractivity contribution < 1.29 is 13.9 Å². The van der Waals surface area contributed by atoms with Gasteiger partial charge in [-0.25, -0.2) is 9.37 Å². The molecular weight excluding hydrogens is 323 g/mol. The van der Waals surface area contributed by atoms with Crippen molar-refractivity contribution in [1.29, 1.82) is 0 Å². The number of amides is 1. The quantitative estimate of drug-likeness (QED) is 0.775. The van der Waals surface area contributed by atoms with Crippen LogP contribution in [0.4, 0.5) is 9.52 Å². The molecule has 0 radical (unpaired) electrons. The van der Waals surface area contributed by atoms with Crippen LogP contribution in [0.25, 0.3) is 11.3 Å². The van der Waals surface area contributed by atoms with E-state index in [4.69, 9.17) is 4.74 Å². The summed E-state index contributed by atoms with van der Waals surface area (Å²) in [5, 5.41) is 8.57. The Kier molecular flexibility index (Phi) is 4.17. The number of carbonyl (C=O) groups is 1. The zero-order valence-electron chi connectivity index (χ0n) is 11.5. The number of methoxy groups -OCH3 is 1. The van der Waals surface area contributed by atoms with Crippen molar-refractivity contribution in [2.75, 3.05) is 12.4 Å². The first-order valence-electron chi connectivity index (χ1n) is 6.30. The maximum atomic E-state index is 13.7. The topological polar surface area (TPSA) is 51.2 Å². The smallest absolute Gasteiger partial charge is 0.258 e. The van der Waals surface area contributed by atoms with Crippen LogP contribution in [-0.4, -0.2) is 18.0 Å². The summed E-state index contributed by atoms with van der Waals surface area (Å²) in [6.45, 7) is 0. The number of hydrogen-bond acceptors (Lipinski definition) is 5. The van der Waals surface area contributed by atoms with Gasteiger partial charge in [0, 0.05) is 16.3 Å². The third-order valence-electron chi connectivity index (χ3n) is 2.96. The lowest BCUT2D eigenvalue weighted by atomic mass is 10.1. The van der Waals surface area contributed by atoms with Crippen molar-refractivity contribution in [3.63, 3.8) is 0 Å². The Morgan fingerprint density at radius 1 is 1.32 bits per heavy atom. The van der Waals surface area contributed by atoms with Crippen molar-refractivity contribution >= 4 is 33.7 Å². The maximum absolute atomic E-state index is 13.7. The Hall–Kier alpha value is -2.25. The highest BCUT2D eigenvalue weighted by Crippen LogP contribution is 2.28. The first-order chi connectivity index (χ1) is 10.7. The van der Waals surface area contributed by atoms with Crippen molar-refractivity contribution in [2.45, 2.75) is 0 Å². The largest absolute Gasteiger partial charge is 0.494 e. The molecule has 1 N–H and O–H groups in total. The molecule has 2 heterocycles. The second-order valence-electron chi connectivity index (χ2n) is 4.35. The van der Waals surface area contributed by atoms with Gasteiger partial charge in [-0.3, -0.25) is 10.1 Å². The van der Waals surface area contributed by atoms with Gasteiger partial charge in [-0.15, -0.1) is 11.3 Å². The Morgan fingerprint density at radius 2 is 2.18 bits per heavy atom. The van der Waals surface area contributed by atoms with Crippen LogP contribution in [0.2, 0.25) is 0 Å². The lowest BCUT2D eigenvalue weighted by Crippen LogP contribution is -2.10. The summed E-state index contributed by atoms with van der Waals surface area (Å²) < 4.78 is 18.6. The molecule has 1 amide bonds. The van der Waals surface area contributed by atoms with Crippen LogP contribution in [-0.2, 0) is 0 Å². The summed E-state index contributed by atoms with van der Waals surface area (Å²) in [6.07, 6.45) is 0. The lowest BCUT2D eigenvalue weighted by molar-refractivity contribution is 0.102. The molecule has 0 aliphatic heterocycles. The Bertz CT molecular complexity index is 800. The number of anilines is 1. The number of hydrogen-bond donors (Lipinski definition) is 1. The standard InChI is InChI=1S/C15H11FN2O2S2/c1-20-13-3-2-9(6-11(13)16)12-8-22-15(17-12)18-14(19)10-4-5-21-7-10/h2-8H,1H3,(H,17,18,19). The third-order valence-corrected chi connectivity index (χ3v) is 4.40. The number of halogens is 1. The molecule has 0 bridgehead atoms. The van der Waals surface area contributed by atoms with Gasteiger partial charge in [0.25, 0.3) is 5.91 Å². The highest BCUT2D eigenvalue weighted by atomic mass is 32.1. The average Bonchev–Trinajstić information content (AvgIpc) is 3.18. The predicted molar refractivity (Wildman–Crippen MR) is 86.3 cm³/mol. The highest BCUT2D eigenvalue weighted by Gasteiger charge is 2.11. The van der Waals surface area contributed by atoms with Gasteiger partial charge in [0.05, 0.1) is 18.4 Å². The van der Waals surface area contributed by atoms with Gasteiger partial charge in [-0.2, -0.15) is 11.3 Å². The number of carbonyl (C=O) groups excluding carboxylic acids is 1. The van der Waals surface area contributed by atoms with Crippen LogP contribution in [0, 0.1) is 5.82 Å². The van der Waals surface area contributed by atoms with E-state index in [0.717, 1.165) is 0 Å². The minimum absolute atomic E-state index is 0.185. The van der Waals surface area contributed by atoms with Crippen LogP contribution in [0.1, 0.15) is 10.4 Å². The molecule has 0 aliphatic rings. The summed E-state index contributed by atoms with van der Waals surface area (Å²) in [7, 11) is 1.42. The fourth-order valence-corrected chi connectivity index (χ4v) is 3.20. The van der Waals surface area contributed by atoms with Crippen LogP contribution < -0.4 is 10.1 Å². The zero-order chi connectivity index (χ0) is 15.5. The molecule has 0 fully saturated rings. The van der Waals surface area contributed by atoms with E-state index in [2.05, 4.69) is 10.3 Å². The van der Waals surface area contributed by atoms with E-state index in [1.54, 1.807) is 29.0 Å². The Morgan fingerprint density at radius 3 is 2.86 bits per heavy atom. The third kappa shape index (κ3) is 3.00. The van der Waals surface area contributed by atoms with Gasteiger partial charge in [0.1, 0.15) is 0 Å². The van der Waals surface area contributed by atoms with E-state index in [-0.39, 0.29) is 11.7 Å². The van der Waals surface area contributed by atoms with Crippen molar-refractivity contribution in [2.24, 2.45) is 0 Å². The second kappa shape index (κ2) is 6.25. The van der Waals surface area contributed by atoms with E-state index in [1.807, 2.05) is 5.38 Å². The molecule has 0 saturated carbocycles. The second-order valence-corrected chi connectivity index (χ2v) is 5.99. The van der Waals surface area contributed by atoms with Crippen molar-refractivity contribution in [3.05, 3.63) is 51.8 Å². The summed E-state index contributed by atoms with van der Waals surface area (Å²) in [5.41, 5.74) is 1.83. The molecule has 1 aromatic carbocycles. The van der Waals surface area contributed by atoms with Crippen LogP contribution in [0.5, 0.6) is 5.75 Å². The van der Waals surface area contributed by atoms with Crippen molar-refractivity contribution in [3.8, 4) is 17.0 Å². The van der Waals surface area contributed by atoms with Crippen LogP contribution in [0.15, 0.2) is 40.4 Å². The van der Waals surface area contributed by atoms with E-state index >= 15 is 0 Å². The van der Waals surface area contributed by atoms with Gasteiger partial charge in [0.15, 0.2) is 16.7 Å². The van der Waals surface area contributed by atoms with E-state index in [9.17, 15) is 9.18 Å². The average molecular weight is 334 g/mol. The van der Waals surface area contributed by atoms with E-state index < -0.39 is 5.82 Å². The van der Waals surface area contributed by atoms with Gasteiger partial charge in [-0.1, -0.05) is 0 Å². The molecule has 7 heteroatoms. The first kappa shape index (κ1) is 14.7. The molecule has 2 aromatic heterocycles. The number of thiophene rings is 1. The predicted octanol–water partition coefficient (Wildman–Crippen LogP) is 4.27. The SMILES string of the molecule is COc1ccc(-c2csc(NC(=O)c3ccsc3)n2)cc1F. The fraction of sp³-hybridized carbons (Fsp3) is 0.0667. The molecule has 0 atom stereocenters. The molecular formula is C15H11FN2O2S2. The zero-order valence-corrected chi connectivity index (χ0v) is 13.1. The van der Waals surface area contributed by atoms with Gasteiger partial charge in [0.2, 0.25) is 0 Å². The van der Waals surface area contributed by atoms with Crippen LogP contribution in [0.3, 0.4) is 0 Å². The number of nitrogens with one attached hydrogen (secondary N) is 1. The Balaban J connectivity index is 1.79. The highest BCUT2D eigenvalue weighted by molar-refractivity contribution is 7.14. The molecule has 22 heavy (non-hydrogen) atoms. The minimum Gasteiger partial charge on any atom is -0.494 e. The number of rotatable bonds is 4. The molecule has 112 valence electrons. The molecule has 3 rings (SSSR count). The Labute approximate surface area is 134 Å². The van der Waals surface area contributed by atoms with Gasteiger partial charge in [-0.05, 0) is 29.6 Å². The molecule has 0 unspecified atom stereocenters. The van der Waals surface area contributed by atoms with Crippen LogP contribution >= 0.6 is 22.7 Å². The first-order valence-corrected chi connectivity index (χ1v) is 8.12. The van der Waals surface area contributed by atoms with E-state index in [1.165, 1.54) is 35.8 Å².